The van der Waals surface area contributed by atoms with Gasteiger partial charge in [0.2, 0.25) is 0 Å². The van der Waals surface area contributed by atoms with Gasteiger partial charge in [-0.1, -0.05) is 18.2 Å². The first-order chi connectivity index (χ1) is 6.77. The lowest BCUT2D eigenvalue weighted by Crippen LogP contribution is -1.93. The van der Waals surface area contributed by atoms with Gasteiger partial charge in [-0.3, -0.25) is 0 Å². The highest BCUT2D eigenvalue weighted by atomic mass is 16.5. The van der Waals surface area contributed by atoms with E-state index in [0.717, 1.165) is 5.56 Å². The number of phenols is 1. The number of hydrogen-bond acceptors (Lipinski definition) is 3. The molecule has 0 amide bonds. The second-order valence-electron chi connectivity index (χ2n) is 2.80. The second kappa shape index (κ2) is 5.29. The Bertz CT molecular complexity index is 321. The summed E-state index contributed by atoms with van der Waals surface area (Å²) in [7, 11) is 0. The minimum Gasteiger partial charge on any atom is -0.504 e. The van der Waals surface area contributed by atoms with Crippen LogP contribution in [0.4, 0.5) is 0 Å². The maximum absolute atomic E-state index is 9.42. The number of nitrogens with two attached hydrogens (primary N) is 1. The topological polar surface area (TPSA) is 55.5 Å². The summed E-state index contributed by atoms with van der Waals surface area (Å²) in [6, 6.07) is 5.20. The molecule has 0 aliphatic rings. The van der Waals surface area contributed by atoms with Gasteiger partial charge in [0.15, 0.2) is 11.5 Å². The van der Waals surface area contributed by atoms with Crippen molar-refractivity contribution in [2.75, 3.05) is 13.2 Å². The van der Waals surface area contributed by atoms with E-state index >= 15 is 0 Å². The molecule has 0 heterocycles. The largest absolute Gasteiger partial charge is 0.504 e. The summed E-state index contributed by atoms with van der Waals surface area (Å²) in [5, 5.41) is 9.42. The average Bonchev–Trinajstić information content (AvgIpc) is 2.19. The van der Waals surface area contributed by atoms with Crippen LogP contribution in [0.15, 0.2) is 24.3 Å². The van der Waals surface area contributed by atoms with E-state index < -0.39 is 0 Å². The lowest BCUT2D eigenvalue weighted by molar-refractivity contribution is 0.318. The fourth-order valence-corrected chi connectivity index (χ4v) is 1.11. The van der Waals surface area contributed by atoms with Crippen molar-refractivity contribution in [1.29, 1.82) is 0 Å². The van der Waals surface area contributed by atoms with Crippen LogP contribution in [0.25, 0.3) is 6.08 Å². The molecule has 0 spiro atoms. The van der Waals surface area contributed by atoms with Crippen LogP contribution in [-0.2, 0) is 0 Å². The van der Waals surface area contributed by atoms with Crippen molar-refractivity contribution in [3.05, 3.63) is 29.8 Å². The van der Waals surface area contributed by atoms with Crippen LogP contribution in [0, 0.1) is 0 Å². The first kappa shape index (κ1) is 10.6. The molecule has 0 fully saturated rings. The Morgan fingerprint density at radius 3 is 2.93 bits per heavy atom. The van der Waals surface area contributed by atoms with Gasteiger partial charge in [0.1, 0.15) is 0 Å². The van der Waals surface area contributed by atoms with Crippen LogP contribution in [0.3, 0.4) is 0 Å². The van der Waals surface area contributed by atoms with Crippen molar-refractivity contribution in [2.24, 2.45) is 5.73 Å². The molecule has 14 heavy (non-hydrogen) atoms. The van der Waals surface area contributed by atoms with Gasteiger partial charge < -0.3 is 15.6 Å². The maximum Gasteiger partial charge on any atom is 0.161 e. The van der Waals surface area contributed by atoms with Gasteiger partial charge in [0.05, 0.1) is 6.61 Å². The molecular weight excluding hydrogens is 178 g/mol. The molecule has 1 aromatic rings. The fourth-order valence-electron chi connectivity index (χ4n) is 1.11. The predicted octanol–water partition coefficient (Wildman–Crippen LogP) is 1.76. The fraction of sp³-hybridized carbons (Fsp3) is 0.273. The van der Waals surface area contributed by atoms with Gasteiger partial charge in [-0.25, -0.2) is 0 Å². The number of ether oxygens (including phenoxy) is 1. The molecule has 0 aliphatic heterocycles. The summed E-state index contributed by atoms with van der Waals surface area (Å²) in [4.78, 5) is 0. The number of hydrogen-bond donors (Lipinski definition) is 2. The summed E-state index contributed by atoms with van der Waals surface area (Å²) in [6.45, 7) is 2.92. The molecule has 3 heteroatoms. The SMILES string of the molecule is CCOc1cc(C=CCN)ccc1O. The van der Waals surface area contributed by atoms with Crippen LogP contribution < -0.4 is 10.5 Å². The lowest BCUT2D eigenvalue weighted by Gasteiger charge is -2.05. The van der Waals surface area contributed by atoms with Crippen LogP contribution in [0.5, 0.6) is 11.5 Å². The van der Waals surface area contributed by atoms with Crippen LogP contribution in [0.2, 0.25) is 0 Å². The van der Waals surface area contributed by atoms with E-state index in [9.17, 15) is 5.11 Å². The molecule has 0 atom stereocenters. The highest BCUT2D eigenvalue weighted by Gasteiger charge is 2.00. The molecule has 0 radical (unpaired) electrons. The van der Waals surface area contributed by atoms with Crippen molar-refractivity contribution in [3.8, 4) is 11.5 Å². The number of benzene rings is 1. The van der Waals surface area contributed by atoms with E-state index in [1.54, 1.807) is 12.1 Å². The molecule has 1 rings (SSSR count). The Labute approximate surface area is 83.8 Å². The summed E-state index contributed by atoms with van der Waals surface area (Å²) in [6.07, 6.45) is 3.74. The Morgan fingerprint density at radius 2 is 2.29 bits per heavy atom. The molecule has 0 aromatic heterocycles. The van der Waals surface area contributed by atoms with Crippen LogP contribution in [-0.4, -0.2) is 18.3 Å². The van der Waals surface area contributed by atoms with Gasteiger partial charge in [-0.2, -0.15) is 0 Å². The first-order valence-electron chi connectivity index (χ1n) is 4.60. The van der Waals surface area contributed by atoms with Gasteiger partial charge in [-0.05, 0) is 24.6 Å². The van der Waals surface area contributed by atoms with Gasteiger partial charge >= 0.3 is 0 Å². The molecule has 0 aliphatic carbocycles. The van der Waals surface area contributed by atoms with E-state index in [0.29, 0.717) is 18.9 Å². The first-order valence-corrected chi connectivity index (χ1v) is 4.60. The molecular formula is C11H15NO2. The molecule has 3 N–H and O–H groups in total. The van der Waals surface area contributed by atoms with E-state index in [2.05, 4.69) is 0 Å². The third-order valence-electron chi connectivity index (χ3n) is 1.73. The molecule has 0 bridgehead atoms. The molecule has 0 saturated carbocycles. The average molecular weight is 193 g/mol. The zero-order chi connectivity index (χ0) is 10.4. The van der Waals surface area contributed by atoms with Crippen LogP contribution in [0.1, 0.15) is 12.5 Å². The minimum atomic E-state index is 0.164. The summed E-state index contributed by atoms with van der Waals surface area (Å²) < 4.78 is 5.24. The maximum atomic E-state index is 9.42. The third kappa shape index (κ3) is 2.78. The monoisotopic (exact) mass is 193 g/mol. The summed E-state index contributed by atoms with van der Waals surface area (Å²) in [5.41, 5.74) is 6.30. The quantitative estimate of drug-likeness (QED) is 0.766. The Kier molecular flexibility index (Phi) is 4.01. The van der Waals surface area contributed by atoms with Gasteiger partial charge in [0.25, 0.3) is 0 Å². The predicted molar refractivity (Wildman–Crippen MR) is 57.4 cm³/mol. The zero-order valence-electron chi connectivity index (χ0n) is 8.23. The van der Waals surface area contributed by atoms with E-state index in [1.165, 1.54) is 0 Å². The van der Waals surface area contributed by atoms with Crippen LogP contribution >= 0.6 is 0 Å². The van der Waals surface area contributed by atoms with E-state index in [4.69, 9.17) is 10.5 Å². The van der Waals surface area contributed by atoms with Crippen molar-refractivity contribution < 1.29 is 9.84 Å². The number of phenolic OH excluding ortho intramolecular Hbond substituents is 1. The third-order valence-corrected chi connectivity index (χ3v) is 1.73. The van der Waals surface area contributed by atoms with Gasteiger partial charge in [-0.15, -0.1) is 0 Å². The summed E-state index contributed by atoms with van der Waals surface area (Å²) in [5.74, 6) is 0.670. The van der Waals surface area contributed by atoms with Crippen molar-refractivity contribution >= 4 is 6.08 Å². The van der Waals surface area contributed by atoms with Crippen molar-refractivity contribution in [1.82, 2.24) is 0 Å². The van der Waals surface area contributed by atoms with E-state index in [1.807, 2.05) is 25.1 Å². The number of aromatic hydroxyl groups is 1. The zero-order valence-corrected chi connectivity index (χ0v) is 8.23. The summed E-state index contributed by atoms with van der Waals surface area (Å²) >= 11 is 0. The number of rotatable bonds is 4. The standard InChI is InChI=1S/C11H15NO2/c1-2-14-11-8-9(4-3-7-12)5-6-10(11)13/h3-6,8,13H,2,7,12H2,1H3. The molecule has 3 nitrogen and oxygen atoms in total. The molecule has 1 aromatic carbocycles. The van der Waals surface area contributed by atoms with Gasteiger partial charge in [0, 0.05) is 6.54 Å². The second-order valence-corrected chi connectivity index (χ2v) is 2.80. The van der Waals surface area contributed by atoms with Crippen molar-refractivity contribution in [2.45, 2.75) is 6.92 Å². The highest BCUT2D eigenvalue weighted by molar-refractivity contribution is 5.55. The normalized spacial score (nSPS) is 10.7. The Balaban J connectivity index is 2.88. The smallest absolute Gasteiger partial charge is 0.161 e. The van der Waals surface area contributed by atoms with E-state index in [-0.39, 0.29) is 5.75 Å². The highest BCUT2D eigenvalue weighted by Crippen LogP contribution is 2.27. The molecule has 0 unspecified atom stereocenters. The van der Waals surface area contributed by atoms with Crippen molar-refractivity contribution in [3.63, 3.8) is 0 Å². The molecule has 0 saturated heterocycles. The molecule has 76 valence electrons. The minimum absolute atomic E-state index is 0.164. The Morgan fingerprint density at radius 1 is 1.50 bits per heavy atom. The Hall–Kier alpha value is -1.48. The lowest BCUT2D eigenvalue weighted by atomic mass is 10.2.